The fourth-order valence-corrected chi connectivity index (χ4v) is 3.19. The minimum Gasteiger partial charge on any atom is -0.449 e. The summed E-state index contributed by atoms with van der Waals surface area (Å²) < 4.78 is 6.27. The van der Waals surface area contributed by atoms with Crippen LogP contribution in [-0.2, 0) is 4.74 Å². The van der Waals surface area contributed by atoms with Crippen molar-refractivity contribution in [1.29, 1.82) is 0 Å². The summed E-state index contributed by atoms with van der Waals surface area (Å²) in [6.45, 7) is 4.21. The number of piperidine rings is 1. The maximum absolute atomic E-state index is 12.0. The smallest absolute Gasteiger partial charge is 0.409 e. The summed E-state index contributed by atoms with van der Waals surface area (Å²) >= 11 is 3.48. The molecule has 1 fully saturated rings. The van der Waals surface area contributed by atoms with Crippen molar-refractivity contribution in [3.8, 4) is 0 Å². The number of carbonyl (C=O) groups is 1. The van der Waals surface area contributed by atoms with Gasteiger partial charge in [0, 0.05) is 23.2 Å². The summed E-state index contributed by atoms with van der Waals surface area (Å²) in [6.07, 6.45) is 4.99. The zero-order chi connectivity index (χ0) is 15.9. The Bertz CT molecular complexity index is 499. The summed E-state index contributed by atoms with van der Waals surface area (Å²) in [5, 5.41) is 0. The van der Waals surface area contributed by atoms with E-state index in [0.29, 0.717) is 12.5 Å². The minimum atomic E-state index is -0.159. The third-order valence-corrected chi connectivity index (χ3v) is 4.91. The van der Waals surface area contributed by atoms with Crippen LogP contribution in [0.5, 0.6) is 0 Å². The zero-order valence-corrected chi connectivity index (χ0v) is 14.8. The van der Waals surface area contributed by atoms with E-state index < -0.39 is 0 Å². The van der Waals surface area contributed by atoms with Crippen LogP contribution in [0.1, 0.15) is 50.5 Å². The number of benzene rings is 1. The van der Waals surface area contributed by atoms with Gasteiger partial charge in [-0.25, -0.2) is 4.79 Å². The van der Waals surface area contributed by atoms with Gasteiger partial charge in [-0.1, -0.05) is 25.8 Å². The molecule has 1 amide bonds. The molecule has 5 heteroatoms. The average Bonchev–Trinajstić information content (AvgIpc) is 2.54. The second kappa shape index (κ2) is 8.42. The molecule has 2 rings (SSSR count). The number of anilines is 1. The molecule has 0 atom stereocenters. The van der Waals surface area contributed by atoms with Gasteiger partial charge in [0.25, 0.3) is 0 Å². The molecule has 1 aliphatic heterocycles. The van der Waals surface area contributed by atoms with Gasteiger partial charge in [0.2, 0.25) is 0 Å². The van der Waals surface area contributed by atoms with Gasteiger partial charge in [0.1, 0.15) is 0 Å². The van der Waals surface area contributed by atoms with Crippen molar-refractivity contribution in [2.45, 2.75) is 44.9 Å². The highest BCUT2D eigenvalue weighted by molar-refractivity contribution is 9.10. The van der Waals surface area contributed by atoms with Crippen LogP contribution in [0.15, 0.2) is 22.7 Å². The highest BCUT2D eigenvalue weighted by Crippen LogP contribution is 2.31. The molecule has 22 heavy (non-hydrogen) atoms. The molecule has 1 aromatic rings. The number of hydrogen-bond donors (Lipinski definition) is 1. The zero-order valence-electron chi connectivity index (χ0n) is 13.2. The summed E-state index contributed by atoms with van der Waals surface area (Å²) in [6, 6.07) is 6.12. The lowest BCUT2D eigenvalue weighted by Gasteiger charge is -2.31. The SMILES string of the molecule is CCCCCOC(=O)N1CCC(c2ccc(N)c(Br)c2)CC1. The number of likely N-dealkylation sites (tertiary alicyclic amines) is 1. The van der Waals surface area contributed by atoms with E-state index in [4.69, 9.17) is 10.5 Å². The van der Waals surface area contributed by atoms with Gasteiger partial charge in [-0.05, 0) is 58.8 Å². The van der Waals surface area contributed by atoms with Crippen LogP contribution < -0.4 is 5.73 Å². The topological polar surface area (TPSA) is 55.6 Å². The maximum atomic E-state index is 12.0. The van der Waals surface area contributed by atoms with E-state index in [1.54, 1.807) is 0 Å². The van der Waals surface area contributed by atoms with Crippen LogP contribution in [0.4, 0.5) is 10.5 Å². The molecule has 2 N–H and O–H groups in total. The molecule has 0 radical (unpaired) electrons. The first-order valence-corrected chi connectivity index (χ1v) is 8.87. The number of nitrogens with two attached hydrogens (primary N) is 1. The molecule has 0 aliphatic carbocycles. The van der Waals surface area contributed by atoms with Crippen molar-refractivity contribution in [2.75, 3.05) is 25.4 Å². The Morgan fingerprint density at radius 2 is 2.09 bits per heavy atom. The number of nitrogen functional groups attached to an aromatic ring is 1. The fraction of sp³-hybridized carbons (Fsp3) is 0.588. The highest BCUT2D eigenvalue weighted by atomic mass is 79.9. The molecule has 0 aromatic heterocycles. The summed E-state index contributed by atoms with van der Waals surface area (Å²) in [5.74, 6) is 0.487. The van der Waals surface area contributed by atoms with Gasteiger partial charge in [-0.15, -0.1) is 0 Å². The number of nitrogens with zero attached hydrogens (tertiary/aromatic N) is 1. The lowest BCUT2D eigenvalue weighted by atomic mass is 9.89. The molecule has 4 nitrogen and oxygen atoms in total. The van der Waals surface area contributed by atoms with Crippen LogP contribution in [-0.4, -0.2) is 30.7 Å². The number of rotatable bonds is 5. The maximum Gasteiger partial charge on any atom is 0.409 e. The average molecular weight is 369 g/mol. The minimum absolute atomic E-state index is 0.159. The first kappa shape index (κ1) is 17.1. The van der Waals surface area contributed by atoms with Gasteiger partial charge in [-0.2, -0.15) is 0 Å². The van der Waals surface area contributed by atoms with Crippen molar-refractivity contribution >= 4 is 27.7 Å². The Balaban J connectivity index is 1.79. The van der Waals surface area contributed by atoms with Crippen molar-refractivity contribution in [3.63, 3.8) is 0 Å². The molecule has 1 aliphatic rings. The third-order valence-electron chi connectivity index (χ3n) is 4.22. The van der Waals surface area contributed by atoms with Crippen LogP contribution >= 0.6 is 15.9 Å². The molecule has 0 bridgehead atoms. The summed E-state index contributed by atoms with van der Waals surface area (Å²) in [7, 11) is 0. The van der Waals surface area contributed by atoms with E-state index in [1.807, 2.05) is 11.0 Å². The first-order chi connectivity index (χ1) is 10.6. The molecule has 1 heterocycles. The number of ether oxygens (including phenoxy) is 1. The van der Waals surface area contributed by atoms with E-state index in [1.165, 1.54) is 5.56 Å². The standard InChI is InChI=1S/C17H25BrN2O2/c1-2-3-4-11-22-17(21)20-9-7-13(8-10-20)14-5-6-16(19)15(18)12-14/h5-6,12-13H,2-4,7-11,19H2,1H3. The van der Waals surface area contributed by atoms with Gasteiger partial charge in [-0.3, -0.25) is 0 Å². The van der Waals surface area contributed by atoms with Gasteiger partial charge in [0.05, 0.1) is 6.61 Å². The molecule has 0 saturated carbocycles. The quantitative estimate of drug-likeness (QED) is 0.613. The van der Waals surface area contributed by atoms with E-state index in [0.717, 1.165) is 55.4 Å². The van der Waals surface area contributed by atoms with E-state index >= 15 is 0 Å². The number of hydrogen-bond acceptors (Lipinski definition) is 3. The van der Waals surface area contributed by atoms with Crippen LogP contribution in [0.3, 0.4) is 0 Å². The van der Waals surface area contributed by atoms with E-state index in [9.17, 15) is 4.79 Å². The predicted molar refractivity (Wildman–Crippen MR) is 93.0 cm³/mol. The summed E-state index contributed by atoms with van der Waals surface area (Å²) in [5.41, 5.74) is 7.88. The van der Waals surface area contributed by atoms with Crippen LogP contribution in [0.2, 0.25) is 0 Å². The Morgan fingerprint density at radius 1 is 1.36 bits per heavy atom. The highest BCUT2D eigenvalue weighted by Gasteiger charge is 2.24. The van der Waals surface area contributed by atoms with Gasteiger partial charge in [0.15, 0.2) is 0 Å². The molecule has 0 spiro atoms. The largest absolute Gasteiger partial charge is 0.449 e. The number of amides is 1. The molecule has 1 saturated heterocycles. The second-order valence-electron chi connectivity index (χ2n) is 5.86. The third kappa shape index (κ3) is 4.63. The predicted octanol–water partition coefficient (Wildman–Crippen LogP) is 4.54. The number of carbonyl (C=O) groups excluding carboxylic acids is 1. The van der Waals surface area contributed by atoms with Crippen molar-refractivity contribution in [1.82, 2.24) is 4.90 Å². The Hall–Kier alpha value is -1.23. The van der Waals surface area contributed by atoms with Crippen molar-refractivity contribution in [2.24, 2.45) is 0 Å². The summed E-state index contributed by atoms with van der Waals surface area (Å²) in [4.78, 5) is 13.8. The van der Waals surface area contributed by atoms with Gasteiger partial charge >= 0.3 is 6.09 Å². The van der Waals surface area contributed by atoms with Crippen LogP contribution in [0.25, 0.3) is 0 Å². The number of unbranched alkanes of at least 4 members (excludes halogenated alkanes) is 2. The molecule has 0 unspecified atom stereocenters. The Labute approximate surface area is 141 Å². The molecular weight excluding hydrogens is 344 g/mol. The number of halogens is 1. The molecule has 1 aromatic carbocycles. The van der Waals surface area contributed by atoms with Crippen LogP contribution in [0, 0.1) is 0 Å². The van der Waals surface area contributed by atoms with Crippen molar-refractivity contribution < 1.29 is 9.53 Å². The second-order valence-corrected chi connectivity index (χ2v) is 6.72. The molecular formula is C17H25BrN2O2. The fourth-order valence-electron chi connectivity index (χ4n) is 2.80. The lowest BCUT2D eigenvalue weighted by Crippen LogP contribution is -2.38. The Kier molecular flexibility index (Phi) is 6.55. The Morgan fingerprint density at radius 3 is 2.73 bits per heavy atom. The first-order valence-electron chi connectivity index (χ1n) is 8.08. The lowest BCUT2D eigenvalue weighted by molar-refractivity contribution is 0.0912. The molecule has 122 valence electrons. The van der Waals surface area contributed by atoms with Gasteiger partial charge < -0.3 is 15.4 Å². The van der Waals surface area contributed by atoms with E-state index in [-0.39, 0.29) is 6.09 Å². The normalized spacial score (nSPS) is 15.8. The van der Waals surface area contributed by atoms with E-state index in [2.05, 4.69) is 35.0 Å². The van der Waals surface area contributed by atoms with Crippen molar-refractivity contribution in [3.05, 3.63) is 28.2 Å². The monoisotopic (exact) mass is 368 g/mol.